The molecule has 1 amide bonds. The number of halogens is 8. The van der Waals surface area contributed by atoms with Crippen LogP contribution in [0.4, 0.5) is 44.1 Å². The zero-order valence-electron chi connectivity index (χ0n) is 20.9. The Hall–Kier alpha value is -3.15. The quantitative estimate of drug-likeness (QED) is 0.411. The average Bonchev–Trinajstić information content (AvgIpc) is 3.21. The molecule has 2 aromatic rings. The Morgan fingerprint density at radius 1 is 1.07 bits per heavy atom. The monoisotopic (exact) mass is 606 g/mol. The van der Waals surface area contributed by atoms with Crippen molar-refractivity contribution >= 4 is 27.6 Å². The van der Waals surface area contributed by atoms with E-state index in [0.29, 0.717) is 45.0 Å². The Balaban J connectivity index is 1.28. The molecule has 2 saturated heterocycles. The molecule has 9 nitrogen and oxygen atoms in total. The van der Waals surface area contributed by atoms with E-state index in [9.17, 15) is 42.2 Å². The SMILES string of the molecule is C[C@@H](COC1CCN(C2CCN(c3ccc(S(F)(F)(F)(F)F)cn3)CC2)C1=O)Nc1cn[nH]c(=O)c1C(F)(F)F. The molecule has 0 aliphatic carbocycles. The topological polar surface area (TPSA) is 103 Å². The second kappa shape index (κ2) is 9.74. The number of amides is 1. The fraction of sp³-hybridized carbons (Fsp3) is 0.545. The molecule has 2 N–H and O–H groups in total. The third-order valence-corrected chi connectivity index (χ3v) is 7.81. The Kier molecular flexibility index (Phi) is 7.26. The van der Waals surface area contributed by atoms with Crippen LogP contribution in [0.1, 0.15) is 31.7 Å². The fourth-order valence-electron chi connectivity index (χ4n) is 4.74. The second-order valence-corrected chi connectivity index (χ2v) is 12.1. The molecular weight excluding hydrogens is 580 g/mol. The van der Waals surface area contributed by atoms with Crippen LogP contribution in [-0.2, 0) is 15.7 Å². The van der Waals surface area contributed by atoms with Gasteiger partial charge in [-0.25, -0.2) is 10.1 Å². The predicted molar refractivity (Wildman–Crippen MR) is 130 cm³/mol. The van der Waals surface area contributed by atoms with Crippen molar-refractivity contribution in [3.8, 4) is 0 Å². The third kappa shape index (κ3) is 6.76. The smallest absolute Gasteiger partial charge is 0.378 e. The van der Waals surface area contributed by atoms with Crippen molar-refractivity contribution in [3.05, 3.63) is 40.4 Å². The molecule has 2 fully saturated rings. The van der Waals surface area contributed by atoms with Crippen LogP contribution >= 0.6 is 10.2 Å². The highest BCUT2D eigenvalue weighted by Crippen LogP contribution is 3.02. The van der Waals surface area contributed by atoms with Crippen molar-refractivity contribution in [1.29, 1.82) is 0 Å². The average molecular weight is 607 g/mol. The number of hydrogen-bond donors (Lipinski definition) is 2. The highest BCUT2D eigenvalue weighted by atomic mass is 32.5. The molecule has 4 rings (SSSR count). The van der Waals surface area contributed by atoms with Crippen molar-refractivity contribution in [3.63, 3.8) is 0 Å². The number of piperidine rings is 1. The molecule has 2 aliphatic rings. The predicted octanol–water partition coefficient (Wildman–Crippen LogP) is 4.93. The molecule has 2 aromatic heterocycles. The van der Waals surface area contributed by atoms with Crippen molar-refractivity contribution in [1.82, 2.24) is 20.1 Å². The number of pyridine rings is 1. The molecule has 2 aliphatic heterocycles. The van der Waals surface area contributed by atoms with E-state index in [0.717, 1.165) is 12.3 Å². The first-order valence-corrected chi connectivity index (χ1v) is 14.1. The summed E-state index contributed by atoms with van der Waals surface area (Å²) in [6, 6.07) is 0.322. The molecular formula is C22H26F8N6O3S. The van der Waals surface area contributed by atoms with E-state index in [1.807, 2.05) is 0 Å². The number of aromatic amines is 1. The Bertz CT molecular complexity index is 1300. The second-order valence-electron chi connectivity index (χ2n) is 9.71. The highest BCUT2D eigenvalue weighted by molar-refractivity contribution is 8.45. The van der Waals surface area contributed by atoms with Crippen LogP contribution in [0.2, 0.25) is 0 Å². The molecule has 1 unspecified atom stereocenters. The van der Waals surface area contributed by atoms with Gasteiger partial charge in [-0.15, -0.1) is 0 Å². The summed E-state index contributed by atoms with van der Waals surface area (Å²) in [5.41, 5.74) is -3.33. The van der Waals surface area contributed by atoms with Crippen LogP contribution in [0.25, 0.3) is 0 Å². The minimum absolute atomic E-state index is 0.115. The van der Waals surface area contributed by atoms with Gasteiger partial charge < -0.3 is 19.9 Å². The Labute approximate surface area is 222 Å². The van der Waals surface area contributed by atoms with Crippen LogP contribution < -0.4 is 15.8 Å². The maximum Gasteiger partial charge on any atom is 0.423 e. The highest BCUT2D eigenvalue weighted by Gasteiger charge is 2.65. The lowest BCUT2D eigenvalue weighted by atomic mass is 10.0. The van der Waals surface area contributed by atoms with E-state index in [-0.39, 0.29) is 30.6 Å². The molecule has 18 heteroatoms. The van der Waals surface area contributed by atoms with E-state index < -0.39 is 50.3 Å². The van der Waals surface area contributed by atoms with Crippen LogP contribution in [-0.4, -0.2) is 70.4 Å². The molecule has 2 atom stereocenters. The molecule has 224 valence electrons. The van der Waals surface area contributed by atoms with E-state index in [2.05, 4.69) is 15.4 Å². The maximum atomic E-state index is 13.2. The van der Waals surface area contributed by atoms with Gasteiger partial charge in [0.2, 0.25) is 0 Å². The minimum atomic E-state index is -9.81. The summed E-state index contributed by atoms with van der Waals surface area (Å²) in [5, 5.41) is 7.67. The van der Waals surface area contributed by atoms with Gasteiger partial charge >= 0.3 is 16.4 Å². The fourth-order valence-corrected chi connectivity index (χ4v) is 5.32. The molecule has 0 saturated carbocycles. The van der Waals surface area contributed by atoms with E-state index in [1.54, 1.807) is 14.9 Å². The molecule has 0 aromatic carbocycles. The summed E-state index contributed by atoms with van der Waals surface area (Å²) in [7, 11) is -9.81. The van der Waals surface area contributed by atoms with Crippen molar-refractivity contribution < 1.29 is 42.1 Å². The summed E-state index contributed by atoms with van der Waals surface area (Å²) in [5.74, 6) is -0.179. The van der Waals surface area contributed by atoms with Crippen LogP contribution in [0.15, 0.2) is 34.2 Å². The number of ether oxygens (including phenoxy) is 1. The maximum absolute atomic E-state index is 13.2. The summed E-state index contributed by atoms with van der Waals surface area (Å²) in [4.78, 5) is 29.3. The Morgan fingerprint density at radius 3 is 2.33 bits per heavy atom. The zero-order valence-corrected chi connectivity index (χ0v) is 21.8. The standard InChI is InChI=1S/C22H26F8N6O3S/c1-13(33-16-11-32-34-20(37)19(16)22(23,24)25)12-39-17-6-9-36(21(17)38)14-4-7-35(8-5-14)18-3-2-15(10-31-18)40(26,27,28,29)30/h2-3,10-11,13-14,17H,4-9,12H2,1H3,(H2,33,34,37)/t13-,17?/m0/s1. The summed E-state index contributed by atoms with van der Waals surface area (Å²) in [6.07, 6.45) is -3.50. The number of alkyl halides is 3. The van der Waals surface area contributed by atoms with Gasteiger partial charge in [-0.3, -0.25) is 9.59 Å². The van der Waals surface area contributed by atoms with Crippen LogP contribution in [0.3, 0.4) is 0 Å². The van der Waals surface area contributed by atoms with Gasteiger partial charge in [-0.2, -0.15) is 18.3 Å². The number of anilines is 2. The first-order valence-electron chi connectivity index (χ1n) is 12.1. The first-order chi connectivity index (χ1) is 18.3. The normalized spacial score (nSPS) is 21.7. The molecule has 0 radical (unpaired) electrons. The van der Waals surface area contributed by atoms with Crippen LogP contribution in [0, 0.1) is 0 Å². The lowest BCUT2D eigenvalue weighted by Crippen LogP contribution is -2.47. The van der Waals surface area contributed by atoms with Gasteiger partial charge in [0.15, 0.2) is 0 Å². The van der Waals surface area contributed by atoms with E-state index in [1.165, 1.54) is 6.92 Å². The van der Waals surface area contributed by atoms with Gasteiger partial charge in [0.1, 0.15) is 22.4 Å². The van der Waals surface area contributed by atoms with Crippen molar-refractivity contribution in [2.45, 2.75) is 55.4 Å². The summed E-state index contributed by atoms with van der Waals surface area (Å²) < 4.78 is 110. The number of aromatic nitrogens is 3. The van der Waals surface area contributed by atoms with E-state index >= 15 is 0 Å². The summed E-state index contributed by atoms with van der Waals surface area (Å²) >= 11 is 0. The number of carbonyl (C=O) groups excluding carboxylic acids is 1. The van der Waals surface area contributed by atoms with Crippen molar-refractivity contribution in [2.75, 3.05) is 36.5 Å². The number of nitrogens with zero attached hydrogens (tertiary/aromatic N) is 4. The zero-order chi connectivity index (χ0) is 29.6. The third-order valence-electron chi connectivity index (χ3n) is 6.68. The van der Waals surface area contributed by atoms with Crippen molar-refractivity contribution in [2.24, 2.45) is 0 Å². The van der Waals surface area contributed by atoms with Gasteiger partial charge in [0, 0.05) is 38.1 Å². The van der Waals surface area contributed by atoms with Gasteiger partial charge in [0.05, 0.1) is 24.7 Å². The molecule has 0 spiro atoms. The number of rotatable bonds is 8. The summed E-state index contributed by atoms with van der Waals surface area (Å²) in [6.45, 7) is 2.42. The largest absolute Gasteiger partial charge is 0.423 e. The van der Waals surface area contributed by atoms with Gasteiger partial charge in [0.25, 0.3) is 11.5 Å². The minimum Gasteiger partial charge on any atom is -0.378 e. The first kappa shape index (κ1) is 29.8. The Morgan fingerprint density at radius 2 is 1.75 bits per heavy atom. The number of H-pyrrole nitrogens is 1. The van der Waals surface area contributed by atoms with Crippen LogP contribution in [0.5, 0.6) is 0 Å². The molecule has 4 heterocycles. The van der Waals surface area contributed by atoms with Gasteiger partial charge in [-0.1, -0.05) is 19.4 Å². The number of nitrogens with one attached hydrogen (secondary N) is 2. The lowest BCUT2D eigenvalue weighted by Gasteiger charge is -2.40. The molecule has 0 bridgehead atoms. The van der Waals surface area contributed by atoms with E-state index in [4.69, 9.17) is 4.74 Å². The van der Waals surface area contributed by atoms with Gasteiger partial charge in [-0.05, 0) is 31.9 Å². The molecule has 40 heavy (non-hydrogen) atoms. The lowest BCUT2D eigenvalue weighted by molar-refractivity contribution is -0.139. The number of carbonyl (C=O) groups is 1. The number of likely N-dealkylation sites (tertiary alicyclic amines) is 1. The number of hydrogen-bond acceptors (Lipinski definition) is 7.